The van der Waals surface area contributed by atoms with E-state index >= 15 is 0 Å². The summed E-state index contributed by atoms with van der Waals surface area (Å²) in [6.07, 6.45) is 2.83. The predicted molar refractivity (Wildman–Crippen MR) is 99.8 cm³/mol. The molecule has 0 bridgehead atoms. The fourth-order valence-corrected chi connectivity index (χ4v) is 3.49. The van der Waals surface area contributed by atoms with Gasteiger partial charge in [-0.1, -0.05) is 6.92 Å². The van der Waals surface area contributed by atoms with E-state index in [0.717, 1.165) is 30.0 Å². The molecule has 0 saturated heterocycles. The van der Waals surface area contributed by atoms with E-state index in [2.05, 4.69) is 15.3 Å². The minimum absolute atomic E-state index is 0.0739. The van der Waals surface area contributed by atoms with Crippen molar-refractivity contribution in [2.24, 2.45) is 7.05 Å². The van der Waals surface area contributed by atoms with Gasteiger partial charge in [-0.05, 0) is 37.1 Å². The van der Waals surface area contributed by atoms with Crippen LogP contribution in [0.4, 0.5) is 0 Å². The van der Waals surface area contributed by atoms with Crippen LogP contribution in [0.15, 0.2) is 30.5 Å². The monoisotopic (exact) mass is 368 g/mol. The highest BCUT2D eigenvalue weighted by molar-refractivity contribution is 5.93. The van der Waals surface area contributed by atoms with E-state index < -0.39 is 6.10 Å². The summed E-state index contributed by atoms with van der Waals surface area (Å²) in [4.78, 5) is 14.8. The second kappa shape index (κ2) is 7.03. The van der Waals surface area contributed by atoms with E-state index in [1.54, 1.807) is 6.07 Å². The second-order valence-electron chi connectivity index (χ2n) is 6.96. The molecule has 8 nitrogen and oxygen atoms in total. The standard InChI is InChI=1S/C19H24N6O2/c1-3-18(26)15-10-13-12-24(8-5-9-25(13)22-15)19(27)16-11-14(20-21-16)17-6-4-7-23(17)2/h4,6-7,10-11,18,26H,3,5,8-9,12H2,1-2H3,(H,20,21)/t18-/m0/s1. The summed E-state index contributed by atoms with van der Waals surface area (Å²) in [5.74, 6) is -0.0739. The summed E-state index contributed by atoms with van der Waals surface area (Å²) in [5, 5.41) is 21.7. The van der Waals surface area contributed by atoms with Gasteiger partial charge in [0.2, 0.25) is 0 Å². The van der Waals surface area contributed by atoms with Crippen LogP contribution in [0.2, 0.25) is 0 Å². The summed E-state index contributed by atoms with van der Waals surface area (Å²) in [5.41, 5.74) is 3.81. The maximum absolute atomic E-state index is 13.0. The predicted octanol–water partition coefficient (Wildman–Crippen LogP) is 2.10. The normalized spacial score (nSPS) is 15.4. The van der Waals surface area contributed by atoms with E-state index in [9.17, 15) is 9.90 Å². The van der Waals surface area contributed by atoms with Crippen LogP contribution in [0.3, 0.4) is 0 Å². The zero-order chi connectivity index (χ0) is 19.0. The van der Waals surface area contributed by atoms with Crippen molar-refractivity contribution in [2.75, 3.05) is 6.54 Å². The molecule has 0 unspecified atom stereocenters. The molecule has 2 N–H and O–H groups in total. The van der Waals surface area contributed by atoms with Gasteiger partial charge in [0.05, 0.1) is 29.7 Å². The SMILES string of the molecule is CC[C@H](O)c1cc2n(n1)CCCN(C(=O)c1cc(-c3cccn3C)n[nH]1)C2. The third-order valence-electron chi connectivity index (χ3n) is 5.06. The number of aliphatic hydroxyl groups excluding tert-OH is 1. The lowest BCUT2D eigenvalue weighted by molar-refractivity contribution is 0.0739. The third-order valence-corrected chi connectivity index (χ3v) is 5.06. The Morgan fingerprint density at radius 3 is 2.96 bits per heavy atom. The summed E-state index contributed by atoms with van der Waals surface area (Å²) < 4.78 is 3.87. The molecule has 0 radical (unpaired) electrons. The van der Waals surface area contributed by atoms with Crippen LogP contribution in [0.5, 0.6) is 0 Å². The van der Waals surface area contributed by atoms with Crippen LogP contribution >= 0.6 is 0 Å². The molecule has 0 aromatic carbocycles. The number of amides is 1. The van der Waals surface area contributed by atoms with Gasteiger partial charge in [-0.15, -0.1) is 0 Å². The number of carbonyl (C=O) groups excluding carboxylic acids is 1. The van der Waals surface area contributed by atoms with Crippen LogP contribution in [0.25, 0.3) is 11.4 Å². The molecule has 0 fully saturated rings. The molecule has 142 valence electrons. The van der Waals surface area contributed by atoms with Crippen molar-refractivity contribution in [1.29, 1.82) is 0 Å². The van der Waals surface area contributed by atoms with Crippen LogP contribution in [0.1, 0.15) is 47.7 Å². The number of nitrogens with one attached hydrogen (secondary N) is 1. The Kier molecular flexibility index (Phi) is 4.57. The van der Waals surface area contributed by atoms with Crippen molar-refractivity contribution in [3.8, 4) is 11.4 Å². The lowest BCUT2D eigenvalue weighted by Crippen LogP contribution is -2.31. The molecular formula is C19H24N6O2. The number of aliphatic hydroxyl groups is 1. The summed E-state index contributed by atoms with van der Waals surface area (Å²) >= 11 is 0. The van der Waals surface area contributed by atoms with E-state index in [1.165, 1.54) is 0 Å². The Morgan fingerprint density at radius 2 is 2.22 bits per heavy atom. The Hall–Kier alpha value is -2.87. The van der Waals surface area contributed by atoms with Gasteiger partial charge >= 0.3 is 0 Å². The van der Waals surface area contributed by atoms with Crippen LogP contribution < -0.4 is 0 Å². The molecule has 3 aromatic rings. The molecular weight excluding hydrogens is 344 g/mol. The lowest BCUT2D eigenvalue weighted by atomic mass is 10.2. The molecule has 4 heterocycles. The smallest absolute Gasteiger partial charge is 0.272 e. The topological polar surface area (TPSA) is 92.0 Å². The minimum atomic E-state index is -0.561. The highest BCUT2D eigenvalue weighted by Gasteiger charge is 2.24. The number of hydrogen-bond donors (Lipinski definition) is 2. The number of rotatable bonds is 4. The molecule has 0 spiro atoms. The van der Waals surface area contributed by atoms with Crippen LogP contribution in [0, 0.1) is 0 Å². The Balaban J connectivity index is 1.55. The van der Waals surface area contributed by atoms with E-state index in [4.69, 9.17) is 0 Å². The highest BCUT2D eigenvalue weighted by atomic mass is 16.3. The molecule has 4 rings (SSSR count). The fraction of sp³-hybridized carbons (Fsp3) is 0.421. The quantitative estimate of drug-likeness (QED) is 0.738. The third kappa shape index (κ3) is 3.28. The first-order valence-electron chi connectivity index (χ1n) is 9.28. The van der Waals surface area contributed by atoms with Crippen molar-refractivity contribution in [3.63, 3.8) is 0 Å². The maximum Gasteiger partial charge on any atom is 0.272 e. The average molecular weight is 368 g/mol. The molecule has 1 atom stereocenters. The number of aryl methyl sites for hydroxylation is 2. The second-order valence-corrected chi connectivity index (χ2v) is 6.96. The van der Waals surface area contributed by atoms with Crippen LogP contribution in [-0.2, 0) is 20.1 Å². The molecule has 3 aromatic heterocycles. The summed E-state index contributed by atoms with van der Waals surface area (Å²) in [6, 6.07) is 7.62. The number of aromatic nitrogens is 5. The fourth-order valence-electron chi connectivity index (χ4n) is 3.49. The number of fused-ring (bicyclic) bond motifs is 1. The van der Waals surface area contributed by atoms with Crippen molar-refractivity contribution >= 4 is 5.91 Å². The minimum Gasteiger partial charge on any atom is -0.387 e. The summed E-state index contributed by atoms with van der Waals surface area (Å²) in [6.45, 7) is 3.80. The first-order chi connectivity index (χ1) is 13.1. The van der Waals surface area contributed by atoms with Gasteiger partial charge in [-0.25, -0.2) is 0 Å². The molecule has 0 aliphatic carbocycles. The molecule has 8 heteroatoms. The van der Waals surface area contributed by atoms with Gasteiger partial charge in [-0.2, -0.15) is 10.2 Å². The zero-order valence-corrected chi connectivity index (χ0v) is 15.6. The average Bonchev–Trinajstić information content (AvgIpc) is 3.37. The maximum atomic E-state index is 13.0. The molecule has 1 aliphatic heterocycles. The van der Waals surface area contributed by atoms with Gasteiger partial charge in [-0.3, -0.25) is 14.6 Å². The van der Waals surface area contributed by atoms with E-state index in [1.807, 2.05) is 52.5 Å². The largest absolute Gasteiger partial charge is 0.387 e. The van der Waals surface area contributed by atoms with Crippen molar-refractivity contribution in [1.82, 2.24) is 29.4 Å². The zero-order valence-electron chi connectivity index (χ0n) is 15.6. The molecule has 27 heavy (non-hydrogen) atoms. The molecule has 1 aliphatic rings. The first kappa shape index (κ1) is 17.5. The van der Waals surface area contributed by atoms with Gasteiger partial charge in [0.15, 0.2) is 0 Å². The number of aromatic amines is 1. The van der Waals surface area contributed by atoms with Gasteiger partial charge in [0.1, 0.15) is 11.4 Å². The van der Waals surface area contributed by atoms with Crippen LogP contribution in [-0.4, -0.2) is 47.0 Å². The highest BCUT2D eigenvalue weighted by Crippen LogP contribution is 2.22. The van der Waals surface area contributed by atoms with Crippen molar-refractivity contribution in [3.05, 3.63) is 47.5 Å². The number of nitrogens with zero attached hydrogens (tertiary/aromatic N) is 5. The molecule has 1 amide bonds. The van der Waals surface area contributed by atoms with Crippen molar-refractivity contribution in [2.45, 2.75) is 39.0 Å². The van der Waals surface area contributed by atoms with Crippen molar-refractivity contribution < 1.29 is 9.90 Å². The van der Waals surface area contributed by atoms with Gasteiger partial charge in [0, 0.05) is 26.3 Å². The van der Waals surface area contributed by atoms with E-state index in [0.29, 0.717) is 30.9 Å². The Labute approximate surface area is 157 Å². The Morgan fingerprint density at radius 1 is 1.37 bits per heavy atom. The summed E-state index contributed by atoms with van der Waals surface area (Å²) in [7, 11) is 1.95. The van der Waals surface area contributed by atoms with Gasteiger partial charge < -0.3 is 14.6 Å². The number of H-pyrrole nitrogens is 1. The Bertz CT molecular complexity index is 953. The molecule has 0 saturated carbocycles. The lowest BCUT2D eigenvalue weighted by Gasteiger charge is -2.18. The van der Waals surface area contributed by atoms with Gasteiger partial charge in [0.25, 0.3) is 5.91 Å². The number of carbonyl (C=O) groups is 1. The van der Waals surface area contributed by atoms with E-state index in [-0.39, 0.29) is 5.91 Å². The first-order valence-corrected chi connectivity index (χ1v) is 9.28. The number of hydrogen-bond acceptors (Lipinski definition) is 4.